The van der Waals surface area contributed by atoms with Gasteiger partial charge in [-0.25, -0.2) is 28.1 Å². The highest BCUT2D eigenvalue weighted by Gasteiger charge is 2.17. The van der Waals surface area contributed by atoms with Crippen LogP contribution in [0, 0.1) is 25.2 Å². The number of aromatic nitrogens is 3. The lowest BCUT2D eigenvalue weighted by atomic mass is 10.1. The molecule has 11 heteroatoms. The number of anilines is 2. The van der Waals surface area contributed by atoms with Gasteiger partial charge in [-0.05, 0) is 62.2 Å². The molecule has 0 spiro atoms. The molecule has 0 aliphatic rings. The van der Waals surface area contributed by atoms with Crippen LogP contribution in [-0.2, 0) is 14.8 Å². The van der Waals surface area contributed by atoms with E-state index < -0.39 is 10.0 Å². The van der Waals surface area contributed by atoms with Gasteiger partial charge in [0, 0.05) is 22.8 Å². The average molecular weight is 497 g/mol. The second-order valence-electron chi connectivity index (χ2n) is 7.80. The Hall–Kier alpha value is -3.49. The summed E-state index contributed by atoms with van der Waals surface area (Å²) in [6.45, 7) is 7.51. The maximum Gasteiger partial charge on any atom is 0.264 e. The first-order valence-electron chi connectivity index (χ1n) is 10.4. The van der Waals surface area contributed by atoms with Crippen molar-refractivity contribution in [3.8, 4) is 6.07 Å². The summed E-state index contributed by atoms with van der Waals surface area (Å²) < 4.78 is 27.6. The molecule has 0 aliphatic heterocycles. The average Bonchev–Trinajstić information content (AvgIpc) is 2.76. The van der Waals surface area contributed by atoms with Crippen molar-refractivity contribution in [2.24, 2.45) is 0 Å². The molecule has 3 aromatic rings. The monoisotopic (exact) mass is 496 g/mol. The van der Waals surface area contributed by atoms with Crippen molar-refractivity contribution in [2.45, 2.75) is 43.5 Å². The number of carbonyl (C=O) groups is 1. The fourth-order valence-corrected chi connectivity index (χ4v) is 4.69. The summed E-state index contributed by atoms with van der Waals surface area (Å²) in [5, 5.41) is 12.5. The predicted octanol–water partition coefficient (Wildman–Crippen LogP) is 4.02. The SMILES string of the molecule is Cc1cc(C)nc(NS(=O)(=O)c2ccc(NC(=O)CSc3nc(C(C)C)ccc3C#N)cc2)n1. The van der Waals surface area contributed by atoms with Gasteiger partial charge in [-0.2, -0.15) is 5.26 Å². The minimum Gasteiger partial charge on any atom is -0.325 e. The van der Waals surface area contributed by atoms with Crippen LogP contribution in [-0.4, -0.2) is 35.0 Å². The van der Waals surface area contributed by atoms with Gasteiger partial charge in [0.15, 0.2) is 0 Å². The normalized spacial score (nSPS) is 11.2. The first kappa shape index (κ1) is 25.1. The molecule has 1 aromatic carbocycles. The maximum absolute atomic E-state index is 12.6. The summed E-state index contributed by atoms with van der Waals surface area (Å²) in [7, 11) is -3.89. The number of benzene rings is 1. The second kappa shape index (κ2) is 10.6. The number of pyridine rings is 1. The molecule has 0 saturated heterocycles. The third-order valence-corrected chi connectivity index (χ3v) is 6.93. The molecule has 0 saturated carbocycles. The van der Waals surface area contributed by atoms with Gasteiger partial charge in [-0.3, -0.25) is 4.79 Å². The number of amides is 1. The quantitative estimate of drug-likeness (QED) is 0.446. The van der Waals surface area contributed by atoms with E-state index in [0.717, 1.165) is 5.69 Å². The molecule has 9 nitrogen and oxygen atoms in total. The highest BCUT2D eigenvalue weighted by molar-refractivity contribution is 8.00. The summed E-state index contributed by atoms with van der Waals surface area (Å²) in [5.41, 5.74) is 3.00. The van der Waals surface area contributed by atoms with E-state index in [1.54, 1.807) is 26.0 Å². The Balaban J connectivity index is 1.64. The van der Waals surface area contributed by atoms with Crippen LogP contribution < -0.4 is 10.0 Å². The fraction of sp³-hybridized carbons (Fsp3) is 0.261. The summed E-state index contributed by atoms with van der Waals surface area (Å²) in [6, 6.07) is 13.1. The molecule has 1 amide bonds. The zero-order valence-corrected chi connectivity index (χ0v) is 20.8. The van der Waals surface area contributed by atoms with Crippen LogP contribution in [0.4, 0.5) is 11.6 Å². The smallest absolute Gasteiger partial charge is 0.264 e. The van der Waals surface area contributed by atoms with Crippen LogP contribution in [0.5, 0.6) is 0 Å². The van der Waals surface area contributed by atoms with Crippen LogP contribution in [0.1, 0.15) is 42.4 Å². The summed E-state index contributed by atoms with van der Waals surface area (Å²) >= 11 is 1.18. The number of nitrogens with one attached hydrogen (secondary N) is 2. The first-order valence-corrected chi connectivity index (χ1v) is 12.8. The summed E-state index contributed by atoms with van der Waals surface area (Å²) in [6.07, 6.45) is 0. The van der Waals surface area contributed by atoms with Crippen molar-refractivity contribution in [1.82, 2.24) is 15.0 Å². The number of hydrogen-bond donors (Lipinski definition) is 2. The van der Waals surface area contributed by atoms with Crippen molar-refractivity contribution in [3.63, 3.8) is 0 Å². The van der Waals surface area contributed by atoms with Crippen LogP contribution in [0.3, 0.4) is 0 Å². The third-order valence-electron chi connectivity index (χ3n) is 4.59. The number of thioether (sulfide) groups is 1. The number of hydrogen-bond acceptors (Lipinski definition) is 8. The lowest BCUT2D eigenvalue weighted by molar-refractivity contribution is -0.113. The molecule has 0 aliphatic carbocycles. The Kier molecular flexibility index (Phi) is 7.86. The van der Waals surface area contributed by atoms with E-state index in [9.17, 15) is 18.5 Å². The molecule has 0 radical (unpaired) electrons. The van der Waals surface area contributed by atoms with Crippen molar-refractivity contribution in [1.29, 1.82) is 5.26 Å². The Morgan fingerprint density at radius 3 is 2.29 bits per heavy atom. The Morgan fingerprint density at radius 2 is 1.71 bits per heavy atom. The van der Waals surface area contributed by atoms with Gasteiger partial charge >= 0.3 is 0 Å². The van der Waals surface area contributed by atoms with Crippen molar-refractivity contribution in [3.05, 3.63) is 65.1 Å². The summed E-state index contributed by atoms with van der Waals surface area (Å²) in [4.78, 5) is 25.1. The number of sulfonamides is 1. The van der Waals surface area contributed by atoms with Crippen LogP contribution >= 0.6 is 11.8 Å². The van der Waals surface area contributed by atoms with Gasteiger partial charge in [-0.1, -0.05) is 25.6 Å². The fourth-order valence-electron chi connectivity index (χ4n) is 2.97. The predicted molar refractivity (Wildman–Crippen MR) is 131 cm³/mol. The highest BCUT2D eigenvalue weighted by Crippen LogP contribution is 2.24. The lowest BCUT2D eigenvalue weighted by Gasteiger charge is -2.10. The van der Waals surface area contributed by atoms with E-state index in [4.69, 9.17) is 0 Å². The molecule has 0 bridgehead atoms. The number of aryl methyl sites for hydroxylation is 2. The van der Waals surface area contributed by atoms with Crippen molar-refractivity contribution >= 4 is 39.3 Å². The van der Waals surface area contributed by atoms with Gasteiger partial charge in [0.1, 0.15) is 11.1 Å². The minimum absolute atomic E-state index is 0.00112. The van der Waals surface area contributed by atoms with E-state index >= 15 is 0 Å². The molecule has 3 rings (SSSR count). The number of carbonyl (C=O) groups excluding carboxylic acids is 1. The third kappa shape index (κ3) is 6.52. The molecule has 0 fully saturated rings. The molecule has 2 N–H and O–H groups in total. The number of nitrogens with zero attached hydrogens (tertiary/aromatic N) is 4. The first-order chi connectivity index (χ1) is 16.1. The second-order valence-corrected chi connectivity index (χ2v) is 10.4. The molecular formula is C23H24N6O3S2. The number of rotatable bonds is 8. The Morgan fingerprint density at radius 1 is 1.06 bits per heavy atom. The zero-order valence-electron chi connectivity index (χ0n) is 19.2. The van der Waals surface area contributed by atoms with Crippen LogP contribution in [0.25, 0.3) is 0 Å². The van der Waals surface area contributed by atoms with E-state index in [2.05, 4.69) is 31.1 Å². The molecule has 0 atom stereocenters. The summed E-state index contributed by atoms with van der Waals surface area (Å²) in [5.74, 6) is -0.0528. The Bertz CT molecular complexity index is 1330. The lowest BCUT2D eigenvalue weighted by Crippen LogP contribution is -2.16. The molecular weight excluding hydrogens is 472 g/mol. The largest absolute Gasteiger partial charge is 0.325 e. The van der Waals surface area contributed by atoms with E-state index in [-0.39, 0.29) is 28.4 Å². The standard InChI is InChI=1S/C23H24N6O3S2/c1-14(2)20-10-5-17(12-24)22(28-20)33-13-21(30)27-18-6-8-19(9-7-18)34(31,32)29-23-25-15(3)11-16(4)26-23/h5-11,14H,13H2,1-4H3,(H,27,30)(H,25,26,29). The zero-order chi connectivity index (χ0) is 24.9. The van der Waals surface area contributed by atoms with E-state index in [1.165, 1.54) is 36.0 Å². The van der Waals surface area contributed by atoms with Crippen LogP contribution in [0.15, 0.2) is 52.4 Å². The molecule has 2 aromatic heterocycles. The van der Waals surface area contributed by atoms with Gasteiger partial charge in [-0.15, -0.1) is 0 Å². The van der Waals surface area contributed by atoms with Crippen LogP contribution in [0.2, 0.25) is 0 Å². The van der Waals surface area contributed by atoms with Gasteiger partial charge in [0.05, 0.1) is 16.2 Å². The Labute approximate surface area is 203 Å². The molecule has 2 heterocycles. The highest BCUT2D eigenvalue weighted by atomic mass is 32.2. The number of nitriles is 1. The minimum atomic E-state index is -3.89. The van der Waals surface area contributed by atoms with E-state index in [1.807, 2.05) is 19.9 Å². The molecule has 34 heavy (non-hydrogen) atoms. The molecule has 0 unspecified atom stereocenters. The maximum atomic E-state index is 12.6. The van der Waals surface area contributed by atoms with Gasteiger partial charge in [0.25, 0.3) is 10.0 Å². The van der Waals surface area contributed by atoms with Crippen molar-refractivity contribution in [2.75, 3.05) is 15.8 Å². The van der Waals surface area contributed by atoms with E-state index in [0.29, 0.717) is 27.7 Å². The molecule has 176 valence electrons. The topological polar surface area (TPSA) is 138 Å². The van der Waals surface area contributed by atoms with Gasteiger partial charge in [0.2, 0.25) is 11.9 Å². The van der Waals surface area contributed by atoms with Crippen molar-refractivity contribution < 1.29 is 13.2 Å². The van der Waals surface area contributed by atoms with Gasteiger partial charge < -0.3 is 5.32 Å².